The molecular formula is C22H19FN6O4S. The highest BCUT2D eigenvalue weighted by molar-refractivity contribution is 7.89. The number of hydrogen-bond acceptors (Lipinski definition) is 6. The van der Waals surface area contributed by atoms with E-state index in [-0.39, 0.29) is 21.5 Å². The van der Waals surface area contributed by atoms with E-state index in [4.69, 9.17) is 0 Å². The zero-order valence-electron chi connectivity index (χ0n) is 17.8. The molecule has 2 aromatic heterocycles. The Bertz CT molecular complexity index is 1540. The quantitative estimate of drug-likeness (QED) is 0.464. The molecule has 1 saturated heterocycles. The van der Waals surface area contributed by atoms with Crippen molar-refractivity contribution in [2.45, 2.75) is 17.7 Å². The minimum atomic E-state index is -3.59. The van der Waals surface area contributed by atoms with Crippen molar-refractivity contribution in [3.8, 4) is 5.69 Å². The van der Waals surface area contributed by atoms with Crippen molar-refractivity contribution in [1.29, 1.82) is 0 Å². The van der Waals surface area contributed by atoms with Gasteiger partial charge in [-0.15, -0.1) is 0 Å². The fourth-order valence-electron chi connectivity index (χ4n) is 3.79. The van der Waals surface area contributed by atoms with Crippen molar-refractivity contribution in [2.24, 2.45) is 0 Å². The Hall–Kier alpha value is -3.90. The SMILES string of the molecule is O=C(Nn1cnc2c(cnn2-c2ccc(F)cc2)c1=O)c1ccc(S(=O)(=O)N2CCCC2)cc1. The number of carbonyl (C=O) groups excluding carboxylic acids is 1. The van der Waals surface area contributed by atoms with Gasteiger partial charge in [-0.3, -0.25) is 15.0 Å². The summed E-state index contributed by atoms with van der Waals surface area (Å²) in [4.78, 5) is 29.8. The van der Waals surface area contributed by atoms with E-state index in [1.165, 1.54) is 63.7 Å². The van der Waals surface area contributed by atoms with E-state index in [0.717, 1.165) is 23.8 Å². The fourth-order valence-corrected chi connectivity index (χ4v) is 5.31. The van der Waals surface area contributed by atoms with Crippen LogP contribution in [0.5, 0.6) is 0 Å². The predicted molar refractivity (Wildman–Crippen MR) is 121 cm³/mol. The lowest BCUT2D eigenvalue weighted by atomic mass is 10.2. The van der Waals surface area contributed by atoms with Crippen LogP contribution in [0.1, 0.15) is 23.2 Å². The molecule has 5 rings (SSSR count). The third-order valence-electron chi connectivity index (χ3n) is 5.60. The van der Waals surface area contributed by atoms with Crippen LogP contribution in [-0.2, 0) is 10.0 Å². The molecular weight excluding hydrogens is 463 g/mol. The van der Waals surface area contributed by atoms with E-state index in [9.17, 15) is 22.4 Å². The summed E-state index contributed by atoms with van der Waals surface area (Å²) in [5.41, 5.74) is 2.84. The molecule has 3 heterocycles. The second kappa shape index (κ2) is 8.47. The second-order valence-electron chi connectivity index (χ2n) is 7.77. The van der Waals surface area contributed by atoms with Crippen molar-refractivity contribution in [1.82, 2.24) is 23.7 Å². The van der Waals surface area contributed by atoms with E-state index >= 15 is 0 Å². The molecule has 1 aliphatic heterocycles. The van der Waals surface area contributed by atoms with Crippen molar-refractivity contribution in [3.63, 3.8) is 0 Å². The highest BCUT2D eigenvalue weighted by Gasteiger charge is 2.27. The third-order valence-corrected chi connectivity index (χ3v) is 7.51. The Morgan fingerprint density at radius 3 is 2.35 bits per heavy atom. The monoisotopic (exact) mass is 482 g/mol. The smallest absolute Gasteiger partial charge is 0.267 e. The van der Waals surface area contributed by atoms with Crippen molar-refractivity contribution >= 4 is 27.0 Å². The lowest BCUT2D eigenvalue weighted by molar-refractivity contribution is 0.101. The van der Waals surface area contributed by atoms with Crippen LogP contribution < -0.4 is 11.0 Å². The van der Waals surface area contributed by atoms with Crippen LogP contribution in [-0.4, -0.2) is 51.2 Å². The van der Waals surface area contributed by atoms with Crippen LogP contribution in [0.25, 0.3) is 16.7 Å². The minimum absolute atomic E-state index is 0.111. The Labute approximate surface area is 193 Å². The number of carbonyl (C=O) groups is 1. The Balaban J connectivity index is 1.38. The van der Waals surface area contributed by atoms with E-state index in [2.05, 4.69) is 15.5 Å². The maximum atomic E-state index is 13.2. The van der Waals surface area contributed by atoms with Gasteiger partial charge in [-0.05, 0) is 61.4 Å². The highest BCUT2D eigenvalue weighted by atomic mass is 32.2. The number of fused-ring (bicyclic) bond motifs is 1. The van der Waals surface area contributed by atoms with Crippen LogP contribution in [0, 0.1) is 5.82 Å². The normalized spacial score (nSPS) is 14.5. The van der Waals surface area contributed by atoms with Crippen molar-refractivity contribution < 1.29 is 17.6 Å². The van der Waals surface area contributed by atoms with Crippen LogP contribution >= 0.6 is 0 Å². The van der Waals surface area contributed by atoms with Crippen LogP contribution in [0.15, 0.2) is 70.7 Å². The number of nitrogens with one attached hydrogen (secondary N) is 1. The van der Waals surface area contributed by atoms with Gasteiger partial charge in [0.05, 0.1) is 16.8 Å². The van der Waals surface area contributed by atoms with Crippen LogP contribution in [0.2, 0.25) is 0 Å². The Morgan fingerprint density at radius 2 is 1.68 bits per heavy atom. The first-order valence-electron chi connectivity index (χ1n) is 10.5. The van der Waals surface area contributed by atoms with Gasteiger partial charge >= 0.3 is 0 Å². The molecule has 1 amide bonds. The summed E-state index contributed by atoms with van der Waals surface area (Å²) in [6.45, 7) is 0.974. The van der Waals surface area contributed by atoms with Gasteiger partial charge in [-0.1, -0.05) is 0 Å². The van der Waals surface area contributed by atoms with E-state index in [1.807, 2.05) is 0 Å². The van der Waals surface area contributed by atoms with Gasteiger partial charge in [-0.2, -0.15) is 9.40 Å². The molecule has 1 N–H and O–H groups in total. The first kappa shape index (κ1) is 21.9. The number of aromatic nitrogens is 4. The van der Waals surface area contributed by atoms with Gasteiger partial charge in [0.1, 0.15) is 17.5 Å². The van der Waals surface area contributed by atoms with Gasteiger partial charge in [0, 0.05) is 18.7 Å². The summed E-state index contributed by atoms with van der Waals surface area (Å²) in [6.07, 6.45) is 4.12. The maximum Gasteiger partial charge on any atom is 0.283 e. The van der Waals surface area contributed by atoms with Crippen molar-refractivity contribution in [2.75, 3.05) is 18.5 Å². The van der Waals surface area contributed by atoms with Crippen LogP contribution in [0.3, 0.4) is 0 Å². The largest absolute Gasteiger partial charge is 0.283 e. The average molecular weight is 482 g/mol. The first-order chi connectivity index (χ1) is 16.3. The minimum Gasteiger partial charge on any atom is -0.267 e. The van der Waals surface area contributed by atoms with Gasteiger partial charge in [0.2, 0.25) is 10.0 Å². The number of nitrogens with zero attached hydrogens (tertiary/aromatic N) is 5. The molecule has 12 heteroatoms. The van der Waals surface area contributed by atoms with Crippen molar-refractivity contribution in [3.05, 3.63) is 82.8 Å². The maximum absolute atomic E-state index is 13.2. The summed E-state index contributed by atoms with van der Waals surface area (Å²) in [5, 5.41) is 4.30. The number of amides is 1. The topological polar surface area (TPSA) is 119 Å². The molecule has 4 aromatic rings. The zero-order chi connectivity index (χ0) is 23.9. The molecule has 0 spiro atoms. The molecule has 174 valence electrons. The van der Waals surface area contributed by atoms with Gasteiger partial charge < -0.3 is 0 Å². The van der Waals surface area contributed by atoms with E-state index in [0.29, 0.717) is 18.8 Å². The van der Waals surface area contributed by atoms with E-state index in [1.54, 1.807) is 0 Å². The molecule has 0 radical (unpaired) electrons. The molecule has 0 atom stereocenters. The summed E-state index contributed by atoms with van der Waals surface area (Å²) < 4.78 is 42.2. The molecule has 0 saturated carbocycles. The summed E-state index contributed by atoms with van der Waals surface area (Å²) in [7, 11) is -3.59. The molecule has 0 unspecified atom stereocenters. The number of rotatable bonds is 5. The molecule has 2 aromatic carbocycles. The molecule has 10 nitrogen and oxygen atoms in total. The molecule has 34 heavy (non-hydrogen) atoms. The number of sulfonamides is 1. The first-order valence-corrected chi connectivity index (χ1v) is 11.9. The Kier molecular flexibility index (Phi) is 5.46. The Morgan fingerprint density at radius 1 is 1.00 bits per heavy atom. The average Bonchev–Trinajstić information content (AvgIpc) is 3.53. The molecule has 1 fully saturated rings. The number of hydrogen-bond donors (Lipinski definition) is 1. The lowest BCUT2D eigenvalue weighted by Gasteiger charge is -2.15. The lowest BCUT2D eigenvalue weighted by Crippen LogP contribution is -2.33. The second-order valence-corrected chi connectivity index (χ2v) is 9.70. The van der Waals surface area contributed by atoms with Gasteiger partial charge in [-0.25, -0.2) is 27.2 Å². The molecule has 1 aliphatic rings. The summed E-state index contributed by atoms with van der Waals surface area (Å²) >= 11 is 0. The standard InChI is InChI=1S/C22H19FN6O4S/c23-16-5-7-17(8-6-16)29-20-19(13-25-29)22(31)28(14-24-20)26-21(30)15-3-9-18(10-4-15)34(32,33)27-11-1-2-12-27/h3-10,13-14H,1-2,11-12H2,(H,26,30). The highest BCUT2D eigenvalue weighted by Crippen LogP contribution is 2.21. The van der Waals surface area contributed by atoms with E-state index < -0.39 is 27.3 Å². The van der Waals surface area contributed by atoms with Gasteiger partial charge in [0.15, 0.2) is 5.65 Å². The zero-order valence-corrected chi connectivity index (χ0v) is 18.6. The molecule has 0 bridgehead atoms. The molecule has 0 aliphatic carbocycles. The predicted octanol–water partition coefficient (Wildman–Crippen LogP) is 1.89. The number of benzene rings is 2. The third kappa shape index (κ3) is 3.86. The van der Waals surface area contributed by atoms with Gasteiger partial charge in [0.25, 0.3) is 11.5 Å². The number of halogens is 1. The summed E-state index contributed by atoms with van der Waals surface area (Å²) in [5.74, 6) is -1.01. The van der Waals surface area contributed by atoms with Crippen LogP contribution in [0.4, 0.5) is 4.39 Å². The fraction of sp³-hybridized carbons (Fsp3) is 0.182. The summed E-state index contributed by atoms with van der Waals surface area (Å²) in [6, 6.07) is 11.1.